The molecule has 0 bridgehead atoms. The molecule has 9 nitrogen and oxygen atoms in total. The highest BCUT2D eigenvalue weighted by Crippen LogP contribution is 2.25. The number of unbranched alkanes of at least 4 members (excludes halogenated alkanes) is 3. The van der Waals surface area contributed by atoms with Crippen molar-refractivity contribution in [1.82, 2.24) is 15.5 Å². The van der Waals surface area contributed by atoms with E-state index in [1.165, 1.54) is 12.0 Å². The first-order chi connectivity index (χ1) is 20.0. The van der Waals surface area contributed by atoms with Gasteiger partial charge in [0.1, 0.15) is 24.2 Å². The Hall–Kier alpha value is -4.14. The van der Waals surface area contributed by atoms with Crippen LogP contribution < -0.4 is 10.6 Å². The molecule has 0 fully saturated rings. The summed E-state index contributed by atoms with van der Waals surface area (Å²) in [5.74, 6) is -1.60. The summed E-state index contributed by atoms with van der Waals surface area (Å²) in [6.07, 6.45) is 4.57. The summed E-state index contributed by atoms with van der Waals surface area (Å²) in [5, 5.41) is 5.38. The summed E-state index contributed by atoms with van der Waals surface area (Å²) in [7, 11) is 1.24. The Balaban J connectivity index is 2.58. The van der Waals surface area contributed by atoms with Crippen molar-refractivity contribution >= 4 is 30.0 Å². The van der Waals surface area contributed by atoms with Crippen molar-refractivity contribution in [3.63, 3.8) is 0 Å². The molecule has 2 N–H and O–H groups in total. The average molecular weight is 580 g/mol. The maximum Gasteiger partial charge on any atom is 0.408 e. The highest BCUT2D eigenvalue weighted by Gasteiger charge is 2.36. The molecule has 2 aromatic carbocycles. The summed E-state index contributed by atoms with van der Waals surface area (Å²) >= 11 is 0. The number of nitrogens with zero attached hydrogens (tertiary/aromatic N) is 1. The van der Waals surface area contributed by atoms with E-state index in [0.29, 0.717) is 12.0 Å². The quantitative estimate of drug-likeness (QED) is 0.221. The average Bonchev–Trinajstić information content (AvgIpc) is 2.96. The lowest BCUT2D eigenvalue weighted by atomic mass is 9.98. The molecular formula is C33H45N3O6. The largest absolute Gasteiger partial charge is 0.468 e. The highest BCUT2D eigenvalue weighted by molar-refractivity contribution is 5.93. The van der Waals surface area contributed by atoms with E-state index in [2.05, 4.69) is 24.1 Å². The zero-order valence-corrected chi connectivity index (χ0v) is 25.5. The predicted octanol–water partition coefficient (Wildman–Crippen LogP) is 5.20. The summed E-state index contributed by atoms with van der Waals surface area (Å²) in [6, 6.07) is 14.4. The second kappa shape index (κ2) is 17.0. The van der Waals surface area contributed by atoms with E-state index in [1.807, 2.05) is 36.4 Å². The third kappa shape index (κ3) is 11.4. The van der Waals surface area contributed by atoms with Gasteiger partial charge in [-0.25, -0.2) is 4.79 Å². The molecule has 2 rings (SSSR count). The molecule has 2 unspecified atom stereocenters. The number of ether oxygens (including phenoxy) is 2. The molecule has 42 heavy (non-hydrogen) atoms. The third-order valence-electron chi connectivity index (χ3n) is 6.46. The molecule has 2 aromatic rings. The molecule has 0 saturated heterocycles. The van der Waals surface area contributed by atoms with Crippen LogP contribution >= 0.6 is 0 Å². The Morgan fingerprint density at radius 1 is 1.00 bits per heavy atom. The Morgan fingerprint density at radius 2 is 1.71 bits per heavy atom. The van der Waals surface area contributed by atoms with Crippen LogP contribution in [0.25, 0.3) is 6.08 Å². The van der Waals surface area contributed by atoms with Gasteiger partial charge in [0.25, 0.3) is 0 Å². The number of benzene rings is 2. The Morgan fingerprint density at radius 3 is 2.33 bits per heavy atom. The molecule has 228 valence electrons. The zero-order valence-electron chi connectivity index (χ0n) is 25.5. The van der Waals surface area contributed by atoms with Crippen LogP contribution in [0.2, 0.25) is 0 Å². The molecule has 3 amide bonds. The number of carbonyl (C=O) groups excluding carboxylic acids is 4. The van der Waals surface area contributed by atoms with Crippen LogP contribution in [0.4, 0.5) is 4.79 Å². The molecule has 0 saturated carbocycles. The maximum absolute atomic E-state index is 14.4. The van der Waals surface area contributed by atoms with Crippen molar-refractivity contribution in [3.05, 3.63) is 77.9 Å². The fraction of sp³-hybridized carbons (Fsp3) is 0.455. The lowest BCUT2D eigenvalue weighted by Gasteiger charge is -2.34. The van der Waals surface area contributed by atoms with Crippen LogP contribution in [-0.2, 0) is 30.3 Å². The van der Waals surface area contributed by atoms with E-state index in [0.717, 1.165) is 30.4 Å². The summed E-state index contributed by atoms with van der Waals surface area (Å²) < 4.78 is 10.2. The van der Waals surface area contributed by atoms with Crippen LogP contribution in [0, 0.1) is 0 Å². The molecular weight excluding hydrogens is 534 g/mol. The lowest BCUT2D eigenvalue weighted by Crippen LogP contribution is -2.54. The van der Waals surface area contributed by atoms with Gasteiger partial charge in [0.05, 0.1) is 7.11 Å². The smallest absolute Gasteiger partial charge is 0.408 e. The van der Waals surface area contributed by atoms with Crippen molar-refractivity contribution in [3.8, 4) is 0 Å². The molecule has 0 aliphatic carbocycles. The zero-order chi connectivity index (χ0) is 31.1. The number of carbonyl (C=O) groups is 4. The molecule has 2 atom stereocenters. The Labute approximate surface area is 249 Å². The number of amides is 3. The first-order valence-corrected chi connectivity index (χ1v) is 14.4. The first kappa shape index (κ1) is 34.1. The minimum absolute atomic E-state index is 0.188. The molecule has 9 heteroatoms. The number of hydrogen-bond acceptors (Lipinski definition) is 6. The van der Waals surface area contributed by atoms with Gasteiger partial charge in [-0.05, 0) is 49.9 Å². The van der Waals surface area contributed by atoms with Gasteiger partial charge in [0, 0.05) is 13.0 Å². The van der Waals surface area contributed by atoms with Gasteiger partial charge in [-0.1, -0.05) is 87.4 Å². The molecule has 0 radical (unpaired) electrons. The molecule has 0 aromatic heterocycles. The van der Waals surface area contributed by atoms with E-state index in [1.54, 1.807) is 45.0 Å². The number of rotatable bonds is 15. The van der Waals surface area contributed by atoms with Crippen molar-refractivity contribution in [2.24, 2.45) is 0 Å². The van der Waals surface area contributed by atoms with E-state index in [-0.39, 0.29) is 19.5 Å². The SMILES string of the molecule is C=Cc1cccc(C(C(=O)NCC(=O)OC)N(CCCCCC)C(=O)C(Cc2ccccc2)NC(=O)OC(C)(C)C)c1. The minimum atomic E-state index is -1.08. The minimum Gasteiger partial charge on any atom is -0.468 e. The normalized spacial score (nSPS) is 12.4. The fourth-order valence-electron chi connectivity index (χ4n) is 4.43. The van der Waals surface area contributed by atoms with E-state index in [4.69, 9.17) is 9.47 Å². The molecule has 0 spiro atoms. The van der Waals surface area contributed by atoms with Gasteiger partial charge in [-0.15, -0.1) is 0 Å². The van der Waals surface area contributed by atoms with Crippen LogP contribution in [0.1, 0.15) is 76.1 Å². The molecule has 0 aliphatic rings. The first-order valence-electron chi connectivity index (χ1n) is 14.4. The molecule has 0 heterocycles. The fourth-order valence-corrected chi connectivity index (χ4v) is 4.43. The van der Waals surface area contributed by atoms with Crippen LogP contribution in [0.5, 0.6) is 0 Å². The lowest BCUT2D eigenvalue weighted by molar-refractivity contribution is -0.144. The Kier molecular flexibility index (Phi) is 13.8. The van der Waals surface area contributed by atoms with Crippen LogP contribution in [-0.4, -0.2) is 60.6 Å². The van der Waals surface area contributed by atoms with E-state index < -0.39 is 41.6 Å². The number of alkyl carbamates (subject to hydrolysis) is 1. The standard InChI is InChI=1S/C33H45N3O6/c1-7-9-10-14-20-36(29(30(38)34-23-28(37)41-6)26-19-15-18-24(8-2)21-26)31(39)27(22-25-16-12-11-13-17-25)35-32(40)42-33(3,4)5/h8,11-13,15-19,21,27,29H,2,7,9-10,14,20,22-23H2,1,3-6H3,(H,34,38)(H,35,40). The van der Waals surface area contributed by atoms with Gasteiger partial charge in [-0.2, -0.15) is 0 Å². The van der Waals surface area contributed by atoms with Crippen molar-refractivity contribution in [2.45, 2.75) is 77.5 Å². The monoisotopic (exact) mass is 579 g/mol. The van der Waals surface area contributed by atoms with Gasteiger partial charge >= 0.3 is 12.1 Å². The summed E-state index contributed by atoms with van der Waals surface area (Å²) in [4.78, 5) is 54.5. The number of nitrogens with one attached hydrogen (secondary N) is 2. The Bertz CT molecular complexity index is 1190. The third-order valence-corrected chi connectivity index (χ3v) is 6.46. The highest BCUT2D eigenvalue weighted by atomic mass is 16.6. The van der Waals surface area contributed by atoms with Crippen molar-refractivity contribution in [2.75, 3.05) is 20.2 Å². The van der Waals surface area contributed by atoms with Crippen molar-refractivity contribution in [1.29, 1.82) is 0 Å². The topological polar surface area (TPSA) is 114 Å². The van der Waals surface area contributed by atoms with Gasteiger partial charge in [0.15, 0.2) is 0 Å². The van der Waals surface area contributed by atoms with Gasteiger partial charge < -0.3 is 25.0 Å². The van der Waals surface area contributed by atoms with E-state index >= 15 is 0 Å². The van der Waals surface area contributed by atoms with Crippen LogP contribution in [0.15, 0.2) is 61.2 Å². The second-order valence-corrected chi connectivity index (χ2v) is 11.1. The second-order valence-electron chi connectivity index (χ2n) is 11.1. The molecule has 0 aliphatic heterocycles. The maximum atomic E-state index is 14.4. The number of methoxy groups -OCH3 is 1. The summed E-state index contributed by atoms with van der Waals surface area (Å²) in [6.45, 7) is 11.1. The van der Waals surface area contributed by atoms with Crippen LogP contribution in [0.3, 0.4) is 0 Å². The van der Waals surface area contributed by atoms with E-state index in [9.17, 15) is 19.2 Å². The number of esters is 1. The predicted molar refractivity (Wildman–Crippen MR) is 163 cm³/mol. The summed E-state index contributed by atoms with van der Waals surface area (Å²) in [5.41, 5.74) is 1.38. The number of hydrogen-bond donors (Lipinski definition) is 2. The van der Waals surface area contributed by atoms with Gasteiger partial charge in [0.2, 0.25) is 11.8 Å². The van der Waals surface area contributed by atoms with Crippen molar-refractivity contribution < 1.29 is 28.7 Å². The van der Waals surface area contributed by atoms with Gasteiger partial charge in [-0.3, -0.25) is 14.4 Å².